The molecule has 748 valence electrons. The fourth-order valence-electron chi connectivity index (χ4n) is 18.4. The Morgan fingerprint density at radius 1 is 0.349 bits per heavy atom. The fraction of sp³-hybridized carbons (Fsp3) is 0.261. The number of aromatic amines is 6. The van der Waals surface area contributed by atoms with Crippen LogP contribution in [0.15, 0.2) is 322 Å². The van der Waals surface area contributed by atoms with Crippen molar-refractivity contribution in [3.05, 3.63) is 385 Å². The largest absolute Gasteiger partial charge is 0.490 e. The molecule has 0 spiro atoms. The number of carbonyl (C=O) groups excluding carboxylic acids is 3. The van der Waals surface area contributed by atoms with E-state index in [1.165, 1.54) is 31.0 Å². The number of pyridine rings is 6. The molecule has 0 radical (unpaired) electrons. The van der Waals surface area contributed by atoms with Gasteiger partial charge < -0.3 is 56.7 Å². The Bertz CT molecular complexity index is 7820. The predicted octanol–water partition coefficient (Wildman–Crippen LogP) is 21.9. The predicted molar refractivity (Wildman–Crippen MR) is 577 cm³/mol. The number of nitrogens with one attached hydrogen (secondary N) is 6. The fourth-order valence-corrected chi connectivity index (χ4v) is 19.7. The van der Waals surface area contributed by atoms with Crippen LogP contribution in [0.1, 0.15) is 167 Å². The smallest absolute Gasteiger partial charge is 0.334 e. The molecule has 3 aliphatic rings. The number of nitrogens with zero attached hydrogens (tertiary/aromatic N) is 14. The molecule has 1 aliphatic carbocycles. The number of rotatable bonds is 26. The molecule has 6 atom stereocenters. The molecule has 14 heterocycles. The number of ether oxygens (including phenoxy) is 4. The maximum absolute atomic E-state index is 13.8. The Balaban J connectivity index is 0.000000127. The molecular weight excluding hydrogens is 1920 g/mol. The van der Waals surface area contributed by atoms with Gasteiger partial charge in [0.05, 0.1) is 115 Å². The van der Waals surface area contributed by atoms with Gasteiger partial charge in [-0.3, -0.25) is 54.3 Å². The van der Waals surface area contributed by atoms with Crippen molar-refractivity contribution in [3.8, 4) is 17.2 Å². The summed E-state index contributed by atoms with van der Waals surface area (Å²) in [5, 5.41) is 55.4. The summed E-state index contributed by atoms with van der Waals surface area (Å²) in [6.45, 7) is 19.4. The van der Waals surface area contributed by atoms with Crippen molar-refractivity contribution in [1.82, 2.24) is 98.4 Å². The molecule has 12 aromatic heterocycles. The van der Waals surface area contributed by atoms with E-state index in [1.807, 2.05) is 192 Å². The number of aromatic nitrogens is 18. The minimum absolute atomic E-state index is 0.0111. The van der Waals surface area contributed by atoms with Gasteiger partial charge in [-0.05, 0) is 171 Å². The number of hydrogen-bond donors (Lipinski definition) is 7. The Kier molecular flexibility index (Phi) is 35.1. The Hall–Kier alpha value is -16.0. The molecule has 7 N–H and O–H groups in total. The van der Waals surface area contributed by atoms with Crippen molar-refractivity contribution in [1.29, 1.82) is 0 Å². The van der Waals surface area contributed by atoms with Gasteiger partial charge in [-0.1, -0.05) is 246 Å². The van der Waals surface area contributed by atoms with Gasteiger partial charge in [-0.15, -0.1) is 0 Å². The van der Waals surface area contributed by atoms with Gasteiger partial charge in [0.25, 0.3) is 11.1 Å². The third-order valence-electron chi connectivity index (χ3n) is 26.1. The average Bonchev–Trinajstić information content (AvgIpc) is 1.42. The summed E-state index contributed by atoms with van der Waals surface area (Å²) in [7, 11) is 0. The second-order valence-corrected chi connectivity index (χ2v) is 37.1. The van der Waals surface area contributed by atoms with Crippen molar-refractivity contribution in [3.63, 3.8) is 0 Å². The highest BCUT2D eigenvalue weighted by Gasteiger charge is 2.34. The second-order valence-electron chi connectivity index (χ2n) is 35.6. The van der Waals surface area contributed by atoms with Crippen molar-refractivity contribution < 1.29 is 43.2 Å². The van der Waals surface area contributed by atoms with Crippen LogP contribution in [-0.2, 0) is 23.9 Å². The normalized spacial score (nSPS) is 14.4. The molecule has 2 saturated heterocycles. The van der Waals surface area contributed by atoms with E-state index in [1.54, 1.807) is 122 Å². The first-order valence-corrected chi connectivity index (χ1v) is 50.3. The van der Waals surface area contributed by atoms with Crippen molar-refractivity contribution in [2.45, 2.75) is 140 Å². The van der Waals surface area contributed by atoms with Gasteiger partial charge in [0.1, 0.15) is 73.8 Å². The molecule has 31 nitrogen and oxygen atoms in total. The summed E-state index contributed by atoms with van der Waals surface area (Å²) in [4.78, 5) is 81.7. The number of carboxylic acid groups (broad SMARTS) is 1. The van der Waals surface area contributed by atoms with E-state index in [4.69, 9.17) is 67.8 Å². The standard InChI is InChI=1S/C23H26N4O2S.C23H25N3O3S.C20H22N4O2.C17H15N3O3S.C14H13N3O.C14H13N3S/c1-2-14-29-18-9-7-8-17(15-18)21(22(28)26-11-5-3-4-6-12-26)27-13-10-20-19(23(27)30)16-24-25-20;1-2-13-28-18-10-6-7-16(14-18)21(23(27)29-17-8-4-3-5-9-17)26-12-11-20-19(22(26)30)15-24-25-20;25-19-16-14-21-22-17(16)10-13-24(19)18(15-8-4-3-5-9-15)20(26)23-11-6-1-2-7-12-23;1-2-8-23-12-5-3-4-11(9-12)15(17(21)22)20-7-6-14-13(16(20)24)10-18-19-14;2*1-10(11-5-3-2-4-6-11)17-8-7-13-12(14(17)18)9-15-16-13/h2,7-10,13,15-16,21H,1,3-6,11-12,14H2,(H,24,25);2,6-7,10-12,14-15,17,21H,1,3-5,8-9,13H2,(H,24,25);3-5,8-10,13-14,18H,1-2,6-7,11-12H2,(H,21,22);2-7,9-10,15H,1,8H2,(H,18,19)(H,21,22);2*2-10H,1H3,(H,15,16). The van der Waals surface area contributed by atoms with Crippen LogP contribution in [0, 0.1) is 18.6 Å². The lowest BCUT2D eigenvalue weighted by Gasteiger charge is -2.28. The molecular formula is C111H114N20O11S4. The first kappa shape index (κ1) is 103. The molecule has 2 aliphatic heterocycles. The quantitative estimate of drug-likeness (QED) is 0.0150. The molecule has 6 unspecified atom stereocenters. The van der Waals surface area contributed by atoms with Crippen LogP contribution in [0.4, 0.5) is 0 Å². The maximum atomic E-state index is 13.8. The Morgan fingerprint density at radius 2 is 0.637 bits per heavy atom. The van der Waals surface area contributed by atoms with Gasteiger partial charge in [0.15, 0.2) is 12.1 Å². The molecule has 6 aromatic carbocycles. The summed E-state index contributed by atoms with van der Waals surface area (Å²) >= 11 is 22.4. The van der Waals surface area contributed by atoms with Crippen molar-refractivity contribution in [2.75, 3.05) is 46.0 Å². The minimum atomic E-state index is -1.00. The van der Waals surface area contributed by atoms with Gasteiger partial charge >= 0.3 is 11.9 Å². The number of aliphatic carboxylic acids is 1. The van der Waals surface area contributed by atoms with Crippen LogP contribution in [0.25, 0.3) is 65.4 Å². The molecule has 18 aromatic rings. The Morgan fingerprint density at radius 3 is 1.02 bits per heavy atom. The van der Waals surface area contributed by atoms with E-state index in [2.05, 4.69) is 105 Å². The number of esters is 1. The highest BCUT2D eigenvalue weighted by atomic mass is 32.1. The lowest BCUT2D eigenvalue weighted by molar-refractivity contribution is -0.153. The first-order chi connectivity index (χ1) is 71.3. The highest BCUT2D eigenvalue weighted by Crippen LogP contribution is 2.35. The summed E-state index contributed by atoms with van der Waals surface area (Å²) in [5.41, 5.74) is 10.1. The number of hydrogen-bond acceptors (Lipinski definition) is 20. The molecule has 2 amide bonds. The van der Waals surface area contributed by atoms with Crippen LogP contribution >= 0.6 is 48.9 Å². The van der Waals surface area contributed by atoms with E-state index < -0.39 is 30.1 Å². The van der Waals surface area contributed by atoms with Crippen LogP contribution in [0.3, 0.4) is 0 Å². The third kappa shape index (κ3) is 24.6. The lowest BCUT2D eigenvalue weighted by Crippen LogP contribution is -2.41. The van der Waals surface area contributed by atoms with Crippen molar-refractivity contribution >= 4 is 138 Å². The number of likely N-dealkylation sites (tertiary alicyclic amines) is 2. The second kappa shape index (κ2) is 49.8. The lowest BCUT2D eigenvalue weighted by atomic mass is 9.97. The maximum Gasteiger partial charge on any atom is 0.334 e. The number of amides is 2. The third-order valence-corrected chi connectivity index (χ3v) is 27.8. The summed E-state index contributed by atoms with van der Waals surface area (Å²) in [6.07, 6.45) is 39.6. The number of carbonyl (C=O) groups is 4. The van der Waals surface area contributed by atoms with Crippen molar-refractivity contribution in [2.24, 2.45) is 0 Å². The summed E-state index contributed by atoms with van der Waals surface area (Å²) in [6, 6.07) is 60.6. The zero-order chi connectivity index (χ0) is 102. The minimum Gasteiger partial charge on any atom is -0.490 e. The molecule has 1 saturated carbocycles. The molecule has 3 fully saturated rings. The van der Waals surface area contributed by atoms with E-state index in [0.717, 1.165) is 161 Å². The Labute approximate surface area is 861 Å². The van der Waals surface area contributed by atoms with Crippen LogP contribution in [0.2, 0.25) is 0 Å². The van der Waals surface area contributed by atoms with Gasteiger partial charge in [0.2, 0.25) is 11.8 Å². The summed E-state index contributed by atoms with van der Waals surface area (Å²) < 4.78 is 35.8. The monoisotopic (exact) mass is 2030 g/mol. The molecule has 0 bridgehead atoms. The summed E-state index contributed by atoms with van der Waals surface area (Å²) in [5.74, 6) is 0.696. The van der Waals surface area contributed by atoms with Gasteiger partial charge in [-0.2, -0.15) is 30.6 Å². The first-order valence-electron chi connectivity index (χ1n) is 48.7. The average molecular weight is 2030 g/mol. The van der Waals surface area contributed by atoms with Crippen LogP contribution in [0.5, 0.6) is 17.2 Å². The molecule has 21 rings (SSSR count). The van der Waals surface area contributed by atoms with E-state index in [0.29, 0.717) is 78.2 Å². The molecule has 35 heteroatoms. The van der Waals surface area contributed by atoms with Gasteiger partial charge in [-0.25, -0.2) is 9.59 Å². The van der Waals surface area contributed by atoms with E-state index >= 15 is 0 Å². The van der Waals surface area contributed by atoms with Crippen LogP contribution < -0.4 is 25.3 Å². The molecule has 146 heavy (non-hydrogen) atoms. The number of carboxylic acids is 1. The number of fused-ring (bicyclic) bond motifs is 6. The van der Waals surface area contributed by atoms with E-state index in [-0.39, 0.29) is 47.1 Å². The number of benzene rings is 6. The number of H-pyrrole nitrogens is 6. The highest BCUT2D eigenvalue weighted by molar-refractivity contribution is 7.72. The zero-order valence-electron chi connectivity index (χ0n) is 80.9. The van der Waals surface area contributed by atoms with Gasteiger partial charge in [0, 0.05) is 63.4 Å². The van der Waals surface area contributed by atoms with E-state index in [9.17, 15) is 33.9 Å². The topological polar surface area (TPSA) is 368 Å². The zero-order valence-corrected chi connectivity index (χ0v) is 84.2. The van der Waals surface area contributed by atoms with Crippen LogP contribution in [-0.4, -0.2) is 179 Å². The SMILES string of the molecule is C=CCOc1cccc(C(C(=O)N2CCCCCC2)n2ccc3[nH]ncc3c2=S)c1.C=CCOc1cccc(C(C(=O)O)n2ccc3[nH]ncc3c2=S)c1.C=CCOc1cccc(C(C(=O)OC2CCCCC2)n2ccc3[nH]ncc3c2=S)c1.CC(c1ccccc1)n1ccc2[nH]ncc2c1=O.CC(c1ccccc1)n1ccc2[nH]ncc2c1=S.O=C(C(c1ccccc1)n1ccc2[nH]ncc2c1=O)N1CCCCCC1.